The minimum atomic E-state index is 0.642. The lowest BCUT2D eigenvalue weighted by Gasteiger charge is -2.14. The molecule has 0 unspecified atom stereocenters. The fraction of sp³-hybridized carbons (Fsp3) is 0. The predicted octanol–water partition coefficient (Wildman–Crippen LogP) is 21.5. The zero-order chi connectivity index (χ0) is 63.7. The van der Waals surface area contributed by atoms with Crippen molar-refractivity contribution in [3.8, 4) is 113 Å². The van der Waals surface area contributed by atoms with Gasteiger partial charge >= 0.3 is 0 Å². The van der Waals surface area contributed by atoms with Gasteiger partial charge in [0.2, 0.25) is 0 Å². The smallest absolute Gasteiger partial charge is 0.164 e. The summed E-state index contributed by atoms with van der Waals surface area (Å²) in [7, 11) is 0. The molecule has 0 spiro atoms. The molecule has 18 aromatic rings. The number of pyridine rings is 6. The molecule has 9 nitrogen and oxygen atoms in total. The summed E-state index contributed by atoms with van der Waals surface area (Å²) in [6, 6.07) is 109. The third-order valence-electron chi connectivity index (χ3n) is 17.7. The largest absolute Gasteiger partial charge is 0.264 e. The van der Waals surface area contributed by atoms with Gasteiger partial charge < -0.3 is 0 Å². The molecule has 0 amide bonds. The van der Waals surface area contributed by atoms with E-state index in [9.17, 15) is 0 Å². The van der Waals surface area contributed by atoms with Gasteiger partial charge in [-0.15, -0.1) is 0 Å². The number of benzene rings is 11. The highest BCUT2D eigenvalue weighted by molar-refractivity contribution is 6.18. The van der Waals surface area contributed by atoms with E-state index in [0.717, 1.165) is 144 Å². The predicted molar refractivity (Wildman–Crippen MR) is 392 cm³/mol. The van der Waals surface area contributed by atoms with Crippen LogP contribution in [0.25, 0.3) is 178 Å². The maximum Gasteiger partial charge on any atom is 0.164 e. The summed E-state index contributed by atoms with van der Waals surface area (Å²) < 4.78 is 0. The van der Waals surface area contributed by atoms with Crippen LogP contribution >= 0.6 is 0 Å². The van der Waals surface area contributed by atoms with Gasteiger partial charge in [-0.1, -0.05) is 261 Å². The molecule has 0 aliphatic carbocycles. The van der Waals surface area contributed by atoms with E-state index in [-0.39, 0.29) is 0 Å². The maximum atomic E-state index is 5.23. The fourth-order valence-corrected chi connectivity index (χ4v) is 13.0. The average Bonchev–Trinajstić information content (AvgIpc) is 0.762. The summed E-state index contributed by atoms with van der Waals surface area (Å²) in [6.07, 6.45) is 5.50. The summed E-state index contributed by atoms with van der Waals surface area (Å²) in [6.45, 7) is 0. The van der Waals surface area contributed by atoms with Crippen molar-refractivity contribution in [1.82, 2.24) is 44.9 Å². The van der Waals surface area contributed by atoms with Crippen LogP contribution in [0.2, 0.25) is 0 Å². The van der Waals surface area contributed by atoms with Crippen LogP contribution in [-0.2, 0) is 0 Å². The summed E-state index contributed by atoms with van der Waals surface area (Å²) in [5, 5.41) is 8.94. The number of hydrogen-bond acceptors (Lipinski definition) is 9. The lowest BCUT2D eigenvalue weighted by molar-refractivity contribution is 1.07. The molecule has 96 heavy (non-hydrogen) atoms. The van der Waals surface area contributed by atoms with Gasteiger partial charge in [0.05, 0.1) is 50.5 Å². The zero-order valence-electron chi connectivity index (χ0n) is 51.8. The Bertz CT molecular complexity index is 5860. The number of rotatable bonds is 10. The van der Waals surface area contributed by atoms with E-state index in [2.05, 4.69) is 210 Å². The Hall–Kier alpha value is -13.1. The maximum absolute atomic E-state index is 5.23. The number of hydrogen-bond donors (Lipinski definition) is 0. The van der Waals surface area contributed by atoms with Gasteiger partial charge in [0.25, 0.3) is 0 Å². The fourth-order valence-electron chi connectivity index (χ4n) is 13.0. The number of aromatic nitrogens is 9. The van der Waals surface area contributed by atoms with Gasteiger partial charge in [-0.05, 0) is 88.0 Å². The molecule has 9 heteroatoms. The van der Waals surface area contributed by atoms with Crippen LogP contribution in [0.15, 0.2) is 334 Å². The van der Waals surface area contributed by atoms with E-state index < -0.39 is 0 Å². The Labute approximate surface area is 553 Å². The molecule has 0 saturated heterocycles. The second-order valence-electron chi connectivity index (χ2n) is 23.6. The highest BCUT2D eigenvalue weighted by atomic mass is 15.0. The highest BCUT2D eigenvalue weighted by Crippen LogP contribution is 2.42. The Kier molecular flexibility index (Phi) is 14.7. The monoisotopic (exact) mass is 1230 g/mol. The van der Waals surface area contributed by atoms with Crippen molar-refractivity contribution in [1.29, 1.82) is 0 Å². The van der Waals surface area contributed by atoms with Crippen molar-refractivity contribution < 1.29 is 0 Å². The molecule has 0 fully saturated rings. The average molecular weight is 1230 g/mol. The SMILES string of the molecule is c1ccc(-c2ccc3ccc4ccc(-c5cccc(-c6cccc7c(-c8ccccn8)nc8ccccc8c67)c5)nc4c3n2)cc1.c1ccc(-c2nc(-c3ccccc3)nc(-c3ccc(-c4ccc(-c5cccc6c(-c7cccnc7)nc7ccccc7c56)cc4)cc3)n2)cc1. The van der Waals surface area contributed by atoms with Crippen LogP contribution in [0.4, 0.5) is 0 Å². The van der Waals surface area contributed by atoms with E-state index in [0.29, 0.717) is 17.5 Å². The first-order valence-corrected chi connectivity index (χ1v) is 32.0. The lowest BCUT2D eigenvalue weighted by Crippen LogP contribution is -2.00. The molecular weight excluding hydrogens is 1170 g/mol. The third kappa shape index (κ3) is 10.9. The molecule has 0 aliphatic heterocycles. The standard InChI is InChI=1S/C45H29N5.C42H26N4/c1-3-11-33(12-4-1)43-48-44(34-13-5-2-6-14-34)50-45(49-43)35-26-22-31(23-27-35)30-20-24-32(25-21-30)37-17-9-18-39-41(37)38-16-7-8-19-40(38)47-42(39)36-15-10-28-46-29-36;1-2-10-27(11-3-1)35-23-21-28-19-20-29-22-24-36(45-41(29)40(28)44-35)31-13-8-12-30(26-31)32-15-9-16-34-39(32)33-14-4-5-17-37(33)46-42(34)38-18-6-7-25-43-38/h1-29H;1-26H. The second-order valence-corrected chi connectivity index (χ2v) is 23.6. The van der Waals surface area contributed by atoms with Crippen molar-refractivity contribution >= 4 is 65.2 Å². The third-order valence-corrected chi connectivity index (χ3v) is 17.7. The summed E-state index contributed by atoms with van der Waals surface area (Å²) in [4.78, 5) is 44.1. The Morgan fingerprint density at radius 1 is 0.219 bits per heavy atom. The quantitative estimate of drug-likeness (QED) is 0.123. The van der Waals surface area contributed by atoms with Gasteiger partial charge in [-0.3, -0.25) is 9.97 Å². The Balaban J connectivity index is 0.000000146. The van der Waals surface area contributed by atoms with Crippen molar-refractivity contribution in [2.24, 2.45) is 0 Å². The molecule has 0 bridgehead atoms. The van der Waals surface area contributed by atoms with Crippen LogP contribution < -0.4 is 0 Å². The highest BCUT2D eigenvalue weighted by Gasteiger charge is 2.19. The molecule has 0 aliphatic rings. The second kappa shape index (κ2) is 24.8. The lowest BCUT2D eigenvalue weighted by atomic mass is 9.92. The number of para-hydroxylation sites is 2. The van der Waals surface area contributed by atoms with Crippen LogP contribution in [0, 0.1) is 0 Å². The molecule has 18 rings (SSSR count). The van der Waals surface area contributed by atoms with Gasteiger partial charge in [0, 0.05) is 95.1 Å². The van der Waals surface area contributed by atoms with E-state index in [1.807, 2.05) is 128 Å². The van der Waals surface area contributed by atoms with E-state index in [1.165, 1.54) is 16.3 Å². The van der Waals surface area contributed by atoms with Gasteiger partial charge in [0.1, 0.15) is 0 Å². The van der Waals surface area contributed by atoms with Crippen LogP contribution in [0.3, 0.4) is 0 Å². The Morgan fingerprint density at radius 3 is 1.21 bits per heavy atom. The molecule has 0 N–H and O–H groups in total. The van der Waals surface area contributed by atoms with Gasteiger partial charge in [-0.25, -0.2) is 34.9 Å². The molecule has 7 heterocycles. The minimum Gasteiger partial charge on any atom is -0.264 e. The molecular formula is C87H55N9. The van der Waals surface area contributed by atoms with E-state index in [1.54, 1.807) is 6.20 Å². The van der Waals surface area contributed by atoms with Crippen molar-refractivity contribution in [3.63, 3.8) is 0 Å². The molecule has 0 radical (unpaired) electrons. The summed E-state index contributed by atoms with van der Waals surface area (Å²) in [5.41, 5.74) is 21.1. The zero-order valence-corrected chi connectivity index (χ0v) is 51.8. The van der Waals surface area contributed by atoms with E-state index in [4.69, 9.17) is 34.9 Å². The number of nitrogens with zero attached hydrogens (tertiary/aromatic N) is 9. The summed E-state index contributed by atoms with van der Waals surface area (Å²) in [5.74, 6) is 1.94. The van der Waals surface area contributed by atoms with Gasteiger partial charge in [0.15, 0.2) is 17.5 Å². The molecule has 11 aromatic carbocycles. The van der Waals surface area contributed by atoms with Crippen molar-refractivity contribution in [2.45, 2.75) is 0 Å². The topological polar surface area (TPSA) is 116 Å². The van der Waals surface area contributed by atoms with Crippen LogP contribution in [0.1, 0.15) is 0 Å². The summed E-state index contributed by atoms with van der Waals surface area (Å²) >= 11 is 0. The van der Waals surface area contributed by atoms with Gasteiger partial charge in [-0.2, -0.15) is 0 Å². The van der Waals surface area contributed by atoms with Crippen LogP contribution in [0.5, 0.6) is 0 Å². The number of fused-ring (bicyclic) bond motifs is 9. The van der Waals surface area contributed by atoms with Crippen molar-refractivity contribution in [2.75, 3.05) is 0 Å². The van der Waals surface area contributed by atoms with Crippen molar-refractivity contribution in [3.05, 3.63) is 334 Å². The minimum absolute atomic E-state index is 0.642. The normalized spacial score (nSPS) is 11.3. The first-order valence-electron chi connectivity index (χ1n) is 32.0. The molecule has 0 atom stereocenters. The molecule has 7 aromatic heterocycles. The molecule has 0 saturated carbocycles. The molecule has 448 valence electrons. The van der Waals surface area contributed by atoms with E-state index >= 15 is 0 Å². The van der Waals surface area contributed by atoms with Crippen LogP contribution in [-0.4, -0.2) is 44.9 Å². The first kappa shape index (κ1) is 56.8. The first-order chi connectivity index (χ1) is 47.6. The Morgan fingerprint density at radius 2 is 0.646 bits per heavy atom.